The maximum atomic E-state index is 12.9. The lowest BCUT2D eigenvalue weighted by molar-refractivity contribution is -0.129. The predicted octanol–water partition coefficient (Wildman–Crippen LogP) is 3.51. The number of amides is 2. The second-order valence-corrected chi connectivity index (χ2v) is 8.84. The number of aryl methyl sites for hydroxylation is 1. The van der Waals surface area contributed by atoms with Crippen LogP contribution in [0, 0.1) is 6.92 Å². The topological polar surface area (TPSA) is 97.6 Å². The number of aromatic nitrogens is 3. The van der Waals surface area contributed by atoms with Crippen LogP contribution in [0.2, 0.25) is 0 Å². The Morgan fingerprint density at radius 2 is 1.62 bits per heavy atom. The van der Waals surface area contributed by atoms with Crippen molar-refractivity contribution in [3.8, 4) is 17.3 Å². The second kappa shape index (κ2) is 9.60. The van der Waals surface area contributed by atoms with Crippen LogP contribution in [0.25, 0.3) is 17.3 Å². The number of benzene rings is 1. The molecule has 1 aliphatic heterocycles. The van der Waals surface area contributed by atoms with Crippen LogP contribution in [0.5, 0.6) is 0 Å². The van der Waals surface area contributed by atoms with Gasteiger partial charge in [0.1, 0.15) is 0 Å². The van der Waals surface area contributed by atoms with Crippen LogP contribution in [0.15, 0.2) is 75.0 Å². The van der Waals surface area contributed by atoms with Gasteiger partial charge in [-0.25, -0.2) is 0 Å². The van der Waals surface area contributed by atoms with E-state index in [1.165, 1.54) is 18.0 Å². The van der Waals surface area contributed by atoms with Crippen molar-refractivity contribution in [2.75, 3.05) is 31.9 Å². The summed E-state index contributed by atoms with van der Waals surface area (Å²) < 4.78 is 12.6. The first-order valence-corrected chi connectivity index (χ1v) is 11.9. The Balaban J connectivity index is 1.26. The highest BCUT2D eigenvalue weighted by molar-refractivity contribution is 7.99. The van der Waals surface area contributed by atoms with E-state index in [0.717, 1.165) is 11.3 Å². The third-order valence-corrected chi connectivity index (χ3v) is 6.56. The van der Waals surface area contributed by atoms with Crippen LogP contribution in [0.3, 0.4) is 0 Å². The molecule has 4 aromatic rings. The number of carbonyl (C=O) groups excluding carboxylic acids is 2. The van der Waals surface area contributed by atoms with Gasteiger partial charge in [0.25, 0.3) is 5.91 Å². The summed E-state index contributed by atoms with van der Waals surface area (Å²) >= 11 is 1.33. The molecule has 0 aliphatic carbocycles. The first-order chi connectivity index (χ1) is 16.6. The Labute approximate surface area is 200 Å². The van der Waals surface area contributed by atoms with Gasteiger partial charge in [0, 0.05) is 31.9 Å². The van der Waals surface area contributed by atoms with E-state index in [0.29, 0.717) is 48.7 Å². The van der Waals surface area contributed by atoms with E-state index in [9.17, 15) is 9.59 Å². The van der Waals surface area contributed by atoms with E-state index in [-0.39, 0.29) is 17.6 Å². The quantitative estimate of drug-likeness (QED) is 0.392. The van der Waals surface area contributed by atoms with Crippen LogP contribution >= 0.6 is 11.8 Å². The van der Waals surface area contributed by atoms with Gasteiger partial charge in [-0.2, -0.15) is 0 Å². The van der Waals surface area contributed by atoms with E-state index in [2.05, 4.69) is 10.2 Å². The molecule has 0 atom stereocenters. The molecule has 0 bridgehead atoms. The average Bonchev–Trinajstić information content (AvgIpc) is 3.64. The molecule has 0 N–H and O–H groups in total. The molecule has 1 aromatic carbocycles. The number of piperazine rings is 1. The Kier molecular flexibility index (Phi) is 6.22. The van der Waals surface area contributed by atoms with Crippen LogP contribution in [0.4, 0.5) is 0 Å². The Morgan fingerprint density at radius 1 is 0.912 bits per heavy atom. The molecule has 0 spiro atoms. The summed E-state index contributed by atoms with van der Waals surface area (Å²) in [5.41, 5.74) is 2.03. The minimum Gasteiger partial charge on any atom is -0.461 e. The first-order valence-electron chi connectivity index (χ1n) is 10.9. The van der Waals surface area contributed by atoms with Gasteiger partial charge in [0.15, 0.2) is 16.7 Å². The lowest BCUT2D eigenvalue weighted by atomic mass is 10.2. The lowest BCUT2D eigenvalue weighted by Crippen LogP contribution is -2.51. The fourth-order valence-corrected chi connectivity index (χ4v) is 4.64. The standard InChI is InChI=1S/C24H23N5O4S/c1-17-6-8-18(9-7-17)29-22(19-4-2-14-32-19)25-26-24(29)34-16-21(30)27-10-12-28(13-11-27)23(31)20-5-3-15-33-20/h2-9,14-15H,10-13,16H2,1H3. The van der Waals surface area contributed by atoms with E-state index < -0.39 is 0 Å². The van der Waals surface area contributed by atoms with Crippen molar-refractivity contribution >= 4 is 23.6 Å². The molecule has 5 rings (SSSR count). The van der Waals surface area contributed by atoms with E-state index in [4.69, 9.17) is 8.83 Å². The number of carbonyl (C=O) groups is 2. The normalized spacial score (nSPS) is 13.9. The summed E-state index contributed by atoms with van der Waals surface area (Å²) in [6.07, 6.45) is 3.08. The SMILES string of the molecule is Cc1ccc(-n2c(SCC(=O)N3CCN(C(=O)c4ccco4)CC3)nnc2-c2ccco2)cc1. The maximum Gasteiger partial charge on any atom is 0.289 e. The smallest absolute Gasteiger partial charge is 0.289 e. The van der Waals surface area contributed by atoms with E-state index in [1.54, 1.807) is 34.3 Å². The zero-order valence-corrected chi connectivity index (χ0v) is 19.4. The van der Waals surface area contributed by atoms with Crippen LogP contribution < -0.4 is 0 Å². The van der Waals surface area contributed by atoms with Crippen molar-refractivity contribution in [3.63, 3.8) is 0 Å². The zero-order chi connectivity index (χ0) is 23.5. The molecule has 1 saturated heterocycles. The third kappa shape index (κ3) is 4.49. The number of hydrogen-bond donors (Lipinski definition) is 0. The van der Waals surface area contributed by atoms with Crippen molar-refractivity contribution in [2.45, 2.75) is 12.1 Å². The number of rotatable bonds is 6. The Bertz CT molecular complexity index is 1260. The molecule has 1 fully saturated rings. The van der Waals surface area contributed by atoms with Gasteiger partial charge >= 0.3 is 0 Å². The van der Waals surface area contributed by atoms with Gasteiger partial charge in [0.05, 0.1) is 18.3 Å². The Hall–Kier alpha value is -3.79. The minimum absolute atomic E-state index is 0.00639. The molecular weight excluding hydrogens is 454 g/mol. The average molecular weight is 478 g/mol. The van der Waals surface area contributed by atoms with Crippen LogP contribution in [0.1, 0.15) is 16.1 Å². The van der Waals surface area contributed by atoms with Gasteiger partial charge in [-0.3, -0.25) is 14.2 Å². The van der Waals surface area contributed by atoms with Crippen molar-refractivity contribution < 1.29 is 18.4 Å². The Morgan fingerprint density at radius 3 is 2.29 bits per heavy atom. The summed E-state index contributed by atoms with van der Waals surface area (Å²) in [4.78, 5) is 28.8. The molecule has 0 unspecified atom stereocenters. The van der Waals surface area contributed by atoms with E-state index in [1.807, 2.05) is 41.8 Å². The summed E-state index contributed by atoms with van der Waals surface area (Å²) in [5.74, 6) is 1.56. The van der Waals surface area contributed by atoms with Crippen molar-refractivity contribution in [2.24, 2.45) is 0 Å². The molecule has 0 radical (unpaired) electrons. The molecule has 1 aliphatic rings. The van der Waals surface area contributed by atoms with Gasteiger partial charge in [-0.05, 0) is 43.3 Å². The fourth-order valence-electron chi connectivity index (χ4n) is 3.79. The third-order valence-electron chi connectivity index (χ3n) is 5.64. The van der Waals surface area contributed by atoms with Gasteiger partial charge in [-0.1, -0.05) is 29.5 Å². The molecule has 9 nitrogen and oxygen atoms in total. The summed E-state index contributed by atoms with van der Waals surface area (Å²) in [7, 11) is 0. The number of furan rings is 2. The highest BCUT2D eigenvalue weighted by Crippen LogP contribution is 2.28. The van der Waals surface area contributed by atoms with Crippen molar-refractivity contribution in [1.82, 2.24) is 24.6 Å². The summed E-state index contributed by atoms with van der Waals surface area (Å²) in [5, 5.41) is 9.26. The largest absolute Gasteiger partial charge is 0.461 e. The molecule has 3 aromatic heterocycles. The van der Waals surface area contributed by atoms with Gasteiger partial charge in [-0.15, -0.1) is 10.2 Å². The lowest BCUT2D eigenvalue weighted by Gasteiger charge is -2.34. The molecule has 34 heavy (non-hydrogen) atoms. The molecule has 2 amide bonds. The van der Waals surface area contributed by atoms with E-state index >= 15 is 0 Å². The summed E-state index contributed by atoms with van der Waals surface area (Å²) in [6.45, 7) is 3.93. The van der Waals surface area contributed by atoms with Gasteiger partial charge < -0.3 is 18.6 Å². The zero-order valence-electron chi connectivity index (χ0n) is 18.6. The first kappa shape index (κ1) is 22.0. The predicted molar refractivity (Wildman–Crippen MR) is 126 cm³/mol. The highest BCUT2D eigenvalue weighted by atomic mass is 32.2. The van der Waals surface area contributed by atoms with Crippen molar-refractivity contribution in [1.29, 1.82) is 0 Å². The minimum atomic E-state index is -0.150. The summed E-state index contributed by atoms with van der Waals surface area (Å²) in [6, 6.07) is 15.0. The van der Waals surface area contributed by atoms with Crippen LogP contribution in [-0.2, 0) is 4.79 Å². The number of thioether (sulfide) groups is 1. The molecule has 10 heteroatoms. The van der Waals surface area contributed by atoms with Crippen LogP contribution in [-0.4, -0.2) is 68.3 Å². The molecular formula is C24H23N5O4S. The van der Waals surface area contributed by atoms with Crippen molar-refractivity contribution in [3.05, 3.63) is 72.4 Å². The molecule has 0 saturated carbocycles. The monoisotopic (exact) mass is 477 g/mol. The number of hydrogen-bond acceptors (Lipinski definition) is 7. The fraction of sp³-hybridized carbons (Fsp3) is 0.250. The number of nitrogens with zero attached hydrogens (tertiary/aromatic N) is 5. The molecule has 4 heterocycles. The maximum absolute atomic E-state index is 12.9. The second-order valence-electron chi connectivity index (χ2n) is 7.89. The highest BCUT2D eigenvalue weighted by Gasteiger charge is 2.27. The van der Waals surface area contributed by atoms with Gasteiger partial charge in [0.2, 0.25) is 11.7 Å². The molecule has 174 valence electrons.